The lowest BCUT2D eigenvalue weighted by atomic mass is 9.99. The molecule has 1 aliphatic rings. The van der Waals surface area contributed by atoms with Gasteiger partial charge in [0.25, 0.3) is 5.91 Å². The van der Waals surface area contributed by atoms with Gasteiger partial charge in [0.05, 0.1) is 46.7 Å². The van der Waals surface area contributed by atoms with Gasteiger partial charge in [0, 0.05) is 32.4 Å². The third kappa shape index (κ3) is 9.58. The molecule has 3 amide bonds. The SMILES string of the molecule is Cc1ccc(S(=O)(=O)N(C)C[C@@H]2Oc3c(NC(=O)CCCCCC(=O)Nc4ccccc4N)cccc3C(=O)N([C@@H](C)CO)C[C@@H]2C)cc1. The molecule has 3 aromatic rings. The van der Waals surface area contributed by atoms with E-state index in [-0.39, 0.29) is 78.1 Å². The number of nitrogens with one attached hydrogen (secondary N) is 2. The van der Waals surface area contributed by atoms with Gasteiger partial charge in [0.1, 0.15) is 6.10 Å². The molecule has 1 aliphatic heterocycles. The lowest BCUT2D eigenvalue weighted by Crippen LogP contribution is -2.50. The molecular weight excluding hydrogens is 646 g/mol. The van der Waals surface area contributed by atoms with E-state index >= 15 is 0 Å². The number of hydrogen-bond donors (Lipinski definition) is 4. The third-order valence-corrected chi connectivity index (χ3v) is 10.5. The number of aliphatic hydroxyl groups is 1. The van der Waals surface area contributed by atoms with Crippen molar-refractivity contribution in [2.45, 2.75) is 69.9 Å². The first-order valence-corrected chi connectivity index (χ1v) is 17.9. The zero-order valence-corrected chi connectivity index (χ0v) is 29.3. The van der Waals surface area contributed by atoms with Crippen LogP contribution in [0.3, 0.4) is 0 Å². The monoisotopic (exact) mass is 693 g/mol. The summed E-state index contributed by atoms with van der Waals surface area (Å²) >= 11 is 0. The number of ether oxygens (including phenoxy) is 1. The van der Waals surface area contributed by atoms with Crippen molar-refractivity contribution >= 4 is 44.8 Å². The van der Waals surface area contributed by atoms with Crippen molar-refractivity contribution in [1.29, 1.82) is 0 Å². The third-order valence-electron chi connectivity index (χ3n) is 8.67. The summed E-state index contributed by atoms with van der Waals surface area (Å²) in [5, 5.41) is 15.6. The number of sulfonamides is 1. The van der Waals surface area contributed by atoms with E-state index in [2.05, 4.69) is 10.6 Å². The van der Waals surface area contributed by atoms with Crippen LogP contribution < -0.4 is 21.1 Å². The molecule has 12 nitrogen and oxygen atoms in total. The highest BCUT2D eigenvalue weighted by atomic mass is 32.2. The van der Waals surface area contributed by atoms with E-state index in [1.54, 1.807) is 78.6 Å². The molecule has 1 heterocycles. The second-order valence-electron chi connectivity index (χ2n) is 12.6. The highest BCUT2D eigenvalue weighted by molar-refractivity contribution is 7.89. The van der Waals surface area contributed by atoms with E-state index in [0.29, 0.717) is 30.6 Å². The molecule has 13 heteroatoms. The Hall–Kier alpha value is -4.46. The molecule has 4 rings (SSSR count). The Morgan fingerprint density at radius 1 is 0.980 bits per heavy atom. The minimum absolute atomic E-state index is 0.0287. The molecular formula is C36H47N5O7S. The highest BCUT2D eigenvalue weighted by Gasteiger charge is 2.36. The van der Waals surface area contributed by atoms with E-state index in [1.165, 1.54) is 11.4 Å². The summed E-state index contributed by atoms with van der Waals surface area (Å²) in [5.74, 6) is -1.02. The van der Waals surface area contributed by atoms with E-state index in [0.717, 1.165) is 5.56 Å². The van der Waals surface area contributed by atoms with Gasteiger partial charge in [-0.3, -0.25) is 14.4 Å². The predicted molar refractivity (Wildman–Crippen MR) is 190 cm³/mol. The number of nitrogens with zero attached hydrogens (tertiary/aromatic N) is 2. The second-order valence-corrected chi connectivity index (χ2v) is 14.7. The minimum Gasteiger partial charge on any atom is -0.486 e. The number of rotatable bonds is 14. The van der Waals surface area contributed by atoms with Gasteiger partial charge in [-0.15, -0.1) is 0 Å². The molecule has 3 atom stereocenters. The zero-order valence-electron chi connectivity index (χ0n) is 28.5. The van der Waals surface area contributed by atoms with Gasteiger partial charge in [-0.2, -0.15) is 4.31 Å². The summed E-state index contributed by atoms with van der Waals surface area (Å²) in [7, 11) is -2.37. The van der Waals surface area contributed by atoms with E-state index in [9.17, 15) is 27.9 Å². The Morgan fingerprint density at radius 2 is 1.59 bits per heavy atom. The fraction of sp³-hybridized carbons (Fsp3) is 0.417. The first-order chi connectivity index (χ1) is 23.3. The Labute approximate surface area is 288 Å². The molecule has 0 saturated carbocycles. The maximum Gasteiger partial charge on any atom is 0.258 e. The van der Waals surface area contributed by atoms with Crippen LogP contribution in [0.25, 0.3) is 0 Å². The topological polar surface area (TPSA) is 171 Å². The van der Waals surface area contributed by atoms with Crippen LogP contribution in [0, 0.1) is 12.8 Å². The number of benzene rings is 3. The molecule has 0 saturated heterocycles. The Balaban J connectivity index is 1.46. The number of nitrogens with two attached hydrogens (primary N) is 1. The number of nitrogen functional groups attached to an aromatic ring is 1. The summed E-state index contributed by atoms with van der Waals surface area (Å²) in [6.45, 7) is 5.41. The van der Waals surface area contributed by atoms with Gasteiger partial charge in [0.15, 0.2) is 5.75 Å². The van der Waals surface area contributed by atoms with Crippen LogP contribution in [0.4, 0.5) is 17.1 Å². The normalized spacial score (nSPS) is 17.0. The largest absolute Gasteiger partial charge is 0.486 e. The summed E-state index contributed by atoms with van der Waals surface area (Å²) in [6.07, 6.45) is 1.51. The van der Waals surface area contributed by atoms with Crippen molar-refractivity contribution in [2.24, 2.45) is 5.92 Å². The van der Waals surface area contributed by atoms with Gasteiger partial charge >= 0.3 is 0 Å². The molecule has 0 radical (unpaired) electrons. The van der Waals surface area contributed by atoms with Gasteiger partial charge in [-0.05, 0) is 63.1 Å². The number of aliphatic hydroxyl groups excluding tert-OH is 1. The predicted octanol–water partition coefficient (Wildman–Crippen LogP) is 4.65. The van der Waals surface area contributed by atoms with Crippen LogP contribution in [0.5, 0.6) is 5.75 Å². The summed E-state index contributed by atoms with van der Waals surface area (Å²) < 4.78 is 34.7. The van der Waals surface area contributed by atoms with E-state index in [1.807, 2.05) is 13.8 Å². The molecule has 3 aromatic carbocycles. The molecule has 0 aromatic heterocycles. The zero-order chi connectivity index (χ0) is 35.7. The van der Waals surface area contributed by atoms with Crippen molar-refractivity contribution < 1.29 is 32.6 Å². The lowest BCUT2D eigenvalue weighted by Gasteiger charge is -2.38. The van der Waals surface area contributed by atoms with Crippen LogP contribution in [-0.2, 0) is 19.6 Å². The standard InChI is InChI=1S/C36H47N5O7S/c1-24-17-19-27(20-18-24)49(46,47)40(4)22-32-25(2)21-41(26(3)23-42)36(45)28-11-10-14-31(35(28)48-32)39-34(44)16-7-5-6-15-33(43)38-30-13-9-8-12-29(30)37/h8-14,17-20,25-26,32,42H,5-7,15-16,21-23,37H2,1-4H3,(H,38,43)(H,39,44)/t25-,26-,32-/m0/s1. The molecule has 5 N–H and O–H groups in total. The average Bonchev–Trinajstić information content (AvgIpc) is 3.07. The van der Waals surface area contributed by atoms with E-state index < -0.39 is 22.2 Å². The van der Waals surface area contributed by atoms with Crippen molar-refractivity contribution in [1.82, 2.24) is 9.21 Å². The van der Waals surface area contributed by atoms with Gasteiger partial charge in [-0.1, -0.05) is 49.2 Å². The van der Waals surface area contributed by atoms with Gasteiger partial charge in [-0.25, -0.2) is 8.42 Å². The van der Waals surface area contributed by atoms with E-state index in [4.69, 9.17) is 10.5 Å². The average molecular weight is 694 g/mol. The number of unbranched alkanes of at least 4 members (excludes halogenated alkanes) is 2. The van der Waals surface area contributed by atoms with Crippen molar-refractivity contribution in [2.75, 3.05) is 43.1 Å². The van der Waals surface area contributed by atoms with Crippen molar-refractivity contribution in [3.05, 3.63) is 77.9 Å². The number of amides is 3. The molecule has 0 bridgehead atoms. The van der Waals surface area contributed by atoms with Crippen LogP contribution in [-0.4, -0.2) is 79.3 Å². The Bertz CT molecular complexity index is 1730. The summed E-state index contributed by atoms with van der Waals surface area (Å²) in [4.78, 5) is 40.9. The maximum atomic E-state index is 13.8. The van der Waals surface area contributed by atoms with Crippen LogP contribution in [0.1, 0.15) is 61.9 Å². The fourth-order valence-corrected chi connectivity index (χ4v) is 6.77. The van der Waals surface area contributed by atoms with Crippen LogP contribution >= 0.6 is 0 Å². The smallest absolute Gasteiger partial charge is 0.258 e. The molecule has 264 valence electrons. The number of carbonyl (C=O) groups excluding carboxylic acids is 3. The number of carbonyl (C=O) groups is 3. The first kappa shape index (κ1) is 37.4. The molecule has 0 aliphatic carbocycles. The highest BCUT2D eigenvalue weighted by Crippen LogP contribution is 2.35. The molecule has 0 unspecified atom stereocenters. The number of fused-ring (bicyclic) bond motifs is 1. The van der Waals surface area contributed by atoms with Crippen LogP contribution in [0.2, 0.25) is 0 Å². The minimum atomic E-state index is -3.86. The number of para-hydroxylation sites is 3. The quantitative estimate of drug-likeness (QED) is 0.140. The Morgan fingerprint density at radius 3 is 2.22 bits per heavy atom. The summed E-state index contributed by atoms with van der Waals surface area (Å²) in [5.41, 5.74) is 8.36. The number of likely N-dealkylation sites (N-methyl/N-ethyl adjacent to an activating group) is 1. The number of hydrogen-bond acceptors (Lipinski definition) is 8. The van der Waals surface area contributed by atoms with Crippen molar-refractivity contribution in [3.8, 4) is 5.75 Å². The van der Waals surface area contributed by atoms with Crippen molar-refractivity contribution in [3.63, 3.8) is 0 Å². The molecule has 0 fully saturated rings. The lowest BCUT2D eigenvalue weighted by molar-refractivity contribution is -0.116. The second kappa shape index (κ2) is 16.8. The molecule has 49 heavy (non-hydrogen) atoms. The van der Waals surface area contributed by atoms with Gasteiger partial charge < -0.3 is 31.1 Å². The fourth-order valence-electron chi connectivity index (χ4n) is 5.59. The molecule has 0 spiro atoms. The number of anilines is 3. The Kier molecular flexibility index (Phi) is 12.8. The van der Waals surface area contributed by atoms with Gasteiger partial charge in [0.2, 0.25) is 21.8 Å². The van der Waals surface area contributed by atoms with Crippen LogP contribution in [0.15, 0.2) is 71.6 Å². The number of aryl methyl sites for hydroxylation is 1. The summed E-state index contributed by atoms with van der Waals surface area (Å²) in [6, 6.07) is 18.0. The maximum absolute atomic E-state index is 13.8. The first-order valence-electron chi connectivity index (χ1n) is 16.5.